The zero-order chi connectivity index (χ0) is 12.6. The fourth-order valence-corrected chi connectivity index (χ4v) is 0.664. The van der Waals surface area contributed by atoms with E-state index in [9.17, 15) is 26.4 Å². The van der Waals surface area contributed by atoms with Gasteiger partial charge in [-0.15, -0.1) is 0 Å². The van der Waals surface area contributed by atoms with Gasteiger partial charge >= 0.3 is 33.1 Å². The van der Waals surface area contributed by atoms with Crippen molar-refractivity contribution in [1.82, 2.24) is 10.9 Å². The van der Waals surface area contributed by atoms with E-state index in [-0.39, 0.29) is 0 Å². The standard InChI is InChI=1S/C2H2N6O6S2/c9-1(5-15(11)12)3-7-8-4-2(10)6-16(13)14/h(H,3,8,9)(H,4,7,10). The molecule has 0 aromatic heterocycles. The third kappa shape index (κ3) is 8.38. The van der Waals surface area contributed by atoms with Gasteiger partial charge in [0, 0.05) is 0 Å². The number of rotatable bonds is 2. The summed E-state index contributed by atoms with van der Waals surface area (Å²) in [4.78, 5) is 20.8. The molecule has 0 saturated heterocycles. The molecule has 0 aromatic rings. The molecule has 0 heterocycles. The van der Waals surface area contributed by atoms with E-state index in [0.29, 0.717) is 0 Å². The van der Waals surface area contributed by atoms with Crippen LogP contribution in [0.3, 0.4) is 0 Å². The first kappa shape index (κ1) is 13.8. The van der Waals surface area contributed by atoms with E-state index < -0.39 is 33.1 Å². The number of amides is 4. The Morgan fingerprint density at radius 3 is 1.31 bits per heavy atom. The zero-order valence-electron chi connectivity index (χ0n) is 7.05. The fourth-order valence-electron chi connectivity index (χ4n) is 0.312. The highest BCUT2D eigenvalue weighted by atomic mass is 32.2. The van der Waals surface area contributed by atoms with Crippen molar-refractivity contribution in [1.29, 1.82) is 0 Å². The maximum absolute atomic E-state index is 10.4. The second-order valence-corrected chi connectivity index (χ2v) is 2.88. The van der Waals surface area contributed by atoms with Crippen LogP contribution in [-0.2, 0) is 21.0 Å². The van der Waals surface area contributed by atoms with Crippen LogP contribution < -0.4 is 10.9 Å². The van der Waals surface area contributed by atoms with Gasteiger partial charge in [-0.1, -0.05) is 8.73 Å². The van der Waals surface area contributed by atoms with Crippen molar-refractivity contribution in [3.63, 3.8) is 0 Å². The van der Waals surface area contributed by atoms with Gasteiger partial charge in [0.1, 0.15) is 0 Å². The molecule has 0 radical (unpaired) electrons. The van der Waals surface area contributed by atoms with Gasteiger partial charge in [0.2, 0.25) is 0 Å². The van der Waals surface area contributed by atoms with Gasteiger partial charge in [-0.3, -0.25) is 0 Å². The van der Waals surface area contributed by atoms with Crippen molar-refractivity contribution < 1.29 is 26.4 Å². The molecule has 0 saturated carbocycles. The van der Waals surface area contributed by atoms with E-state index in [1.165, 1.54) is 10.9 Å². The summed E-state index contributed by atoms with van der Waals surface area (Å²) in [7, 11) is -5.89. The predicted octanol–water partition coefficient (Wildman–Crippen LogP) is -1.19. The van der Waals surface area contributed by atoms with Crippen LogP contribution in [0.4, 0.5) is 9.59 Å². The molecular weight excluding hydrogens is 268 g/mol. The number of hydrogen-bond acceptors (Lipinski definition) is 8. The Hall–Kier alpha value is -2.22. The average Bonchev–Trinajstić information content (AvgIpc) is 2.10. The smallest absolute Gasteiger partial charge is 0.243 e. The lowest BCUT2D eigenvalue weighted by molar-refractivity contribution is 0.245. The number of hydrogen-bond donors (Lipinski definition) is 2. The van der Waals surface area contributed by atoms with Gasteiger partial charge in [-0.2, -0.15) is 16.8 Å². The molecule has 0 aromatic carbocycles. The molecule has 0 aliphatic heterocycles. The van der Waals surface area contributed by atoms with Crippen molar-refractivity contribution in [2.24, 2.45) is 19.2 Å². The minimum atomic E-state index is -2.94. The molecule has 0 atom stereocenters. The molecule has 0 unspecified atom stereocenters. The first-order valence-electron chi connectivity index (χ1n) is 3.03. The maximum Gasteiger partial charge on any atom is 0.377 e. The van der Waals surface area contributed by atoms with Crippen LogP contribution in [0.25, 0.3) is 0 Å². The Kier molecular flexibility index (Phi) is 6.13. The highest BCUT2D eigenvalue weighted by molar-refractivity contribution is 7.62. The summed E-state index contributed by atoms with van der Waals surface area (Å²) >= 11 is 0. The summed E-state index contributed by atoms with van der Waals surface area (Å²) in [6.45, 7) is 0. The number of carbonyl (C=O) groups excluding carboxylic acids is 2. The van der Waals surface area contributed by atoms with E-state index in [0.717, 1.165) is 0 Å². The molecule has 2 N–H and O–H groups in total. The molecule has 12 nitrogen and oxygen atoms in total. The lowest BCUT2D eigenvalue weighted by Gasteiger charge is -1.88. The van der Waals surface area contributed by atoms with E-state index in [1.54, 1.807) is 0 Å². The van der Waals surface area contributed by atoms with Gasteiger partial charge in [0.05, 0.1) is 0 Å². The third-order valence-corrected chi connectivity index (χ3v) is 1.29. The minimum absolute atomic E-state index is 1.35. The van der Waals surface area contributed by atoms with Crippen molar-refractivity contribution in [2.75, 3.05) is 0 Å². The van der Waals surface area contributed by atoms with Gasteiger partial charge < -0.3 is 0 Å². The van der Waals surface area contributed by atoms with Crippen LogP contribution in [-0.4, -0.2) is 28.9 Å². The summed E-state index contributed by atoms with van der Waals surface area (Å²) in [6.07, 6.45) is 0. The predicted molar refractivity (Wildman–Crippen MR) is 44.6 cm³/mol. The van der Waals surface area contributed by atoms with Crippen LogP contribution >= 0.6 is 0 Å². The Morgan fingerprint density at radius 2 is 1.06 bits per heavy atom. The lowest BCUT2D eigenvalue weighted by atomic mass is 11.1. The highest BCUT2D eigenvalue weighted by Crippen LogP contribution is 1.76. The molecule has 0 bridgehead atoms. The van der Waals surface area contributed by atoms with Crippen LogP contribution in [0.15, 0.2) is 19.2 Å². The molecule has 0 aliphatic rings. The summed E-state index contributed by atoms with van der Waals surface area (Å²) in [6, 6.07) is -2.70. The first-order chi connectivity index (χ1) is 7.41. The third-order valence-electron chi connectivity index (χ3n) is 0.656. The van der Waals surface area contributed by atoms with E-state index in [1.807, 2.05) is 0 Å². The summed E-state index contributed by atoms with van der Waals surface area (Å²) in [5, 5.41) is 5.47. The topological polar surface area (TPSA) is 176 Å². The Morgan fingerprint density at radius 1 is 0.750 bits per heavy atom. The number of nitrogens with one attached hydrogen (secondary N) is 2. The first-order valence-corrected chi connectivity index (χ1v) is 5.10. The highest BCUT2D eigenvalue weighted by Gasteiger charge is 1.96. The van der Waals surface area contributed by atoms with E-state index in [2.05, 4.69) is 19.2 Å². The molecule has 0 fully saturated rings. The minimum Gasteiger partial charge on any atom is -0.243 e. The number of nitrogens with zero attached hydrogens (tertiary/aromatic N) is 4. The van der Waals surface area contributed by atoms with Crippen molar-refractivity contribution in [3.8, 4) is 0 Å². The largest absolute Gasteiger partial charge is 0.377 e. The molecule has 0 aliphatic carbocycles. The monoisotopic (exact) mass is 270 g/mol. The molecule has 88 valence electrons. The molecule has 16 heavy (non-hydrogen) atoms. The van der Waals surface area contributed by atoms with Crippen LogP contribution in [0.2, 0.25) is 0 Å². The van der Waals surface area contributed by atoms with Crippen molar-refractivity contribution in [2.45, 2.75) is 0 Å². The molecule has 14 heteroatoms. The van der Waals surface area contributed by atoms with E-state index >= 15 is 0 Å². The normalized spacial score (nSPS) is 9.25. The SMILES string of the molecule is O=C(N=S(=O)=O)N/N=N/NC(=O)N=S(=O)=O. The summed E-state index contributed by atoms with van der Waals surface area (Å²) in [5.41, 5.74) is 2.94. The van der Waals surface area contributed by atoms with Crippen LogP contribution in [0.5, 0.6) is 0 Å². The maximum atomic E-state index is 10.4. The van der Waals surface area contributed by atoms with Gasteiger partial charge in [0.25, 0.3) is 0 Å². The molecular formula is C2H2N6O6S2. The second-order valence-electron chi connectivity index (χ2n) is 1.65. The van der Waals surface area contributed by atoms with Gasteiger partial charge in [-0.25, -0.2) is 20.4 Å². The second kappa shape index (κ2) is 7.12. The quantitative estimate of drug-likeness (QED) is 0.470. The molecule has 0 rings (SSSR count). The Labute approximate surface area is 90.1 Å². The van der Waals surface area contributed by atoms with Crippen LogP contribution in [0.1, 0.15) is 0 Å². The molecule has 0 spiro atoms. The van der Waals surface area contributed by atoms with E-state index in [4.69, 9.17) is 0 Å². The number of urea groups is 2. The van der Waals surface area contributed by atoms with Gasteiger partial charge in [-0.05, 0) is 10.4 Å². The number of carbonyl (C=O) groups is 2. The molecule has 4 amide bonds. The Bertz CT molecular complexity index is 500. The van der Waals surface area contributed by atoms with Crippen LogP contribution in [0, 0.1) is 0 Å². The lowest BCUT2D eigenvalue weighted by Crippen LogP contribution is -2.16. The average molecular weight is 270 g/mol. The van der Waals surface area contributed by atoms with Gasteiger partial charge in [0.15, 0.2) is 0 Å². The summed E-state index contributed by atoms with van der Waals surface area (Å²) < 4.78 is 44.1. The Balaban J connectivity index is 4.15. The fraction of sp³-hybridized carbons (Fsp3) is 0. The van der Waals surface area contributed by atoms with Crippen molar-refractivity contribution >= 4 is 33.1 Å². The summed E-state index contributed by atoms with van der Waals surface area (Å²) in [5.74, 6) is 0. The van der Waals surface area contributed by atoms with Crippen molar-refractivity contribution in [3.05, 3.63) is 0 Å². The zero-order valence-corrected chi connectivity index (χ0v) is 8.69.